The Morgan fingerprint density at radius 1 is 1.25 bits per heavy atom. The molecule has 0 bridgehead atoms. The third kappa shape index (κ3) is 6.10. The minimum atomic E-state index is -3.10. The molecule has 0 radical (unpaired) electrons. The average molecular weight is 355 g/mol. The van der Waals surface area contributed by atoms with Crippen LogP contribution in [0.25, 0.3) is 0 Å². The normalized spacial score (nSPS) is 16.8. The van der Waals surface area contributed by atoms with E-state index in [9.17, 15) is 13.2 Å². The number of carbonyl (C=O) groups excluding carboxylic acids is 1. The van der Waals surface area contributed by atoms with Crippen molar-refractivity contribution in [3.8, 4) is 5.75 Å². The fourth-order valence-corrected chi connectivity index (χ4v) is 3.37. The van der Waals surface area contributed by atoms with Crippen molar-refractivity contribution in [3.63, 3.8) is 0 Å². The Balaban J connectivity index is 1.61. The molecule has 1 fully saturated rings. The van der Waals surface area contributed by atoms with Crippen LogP contribution in [-0.4, -0.2) is 75.7 Å². The molecule has 8 heteroatoms. The summed E-state index contributed by atoms with van der Waals surface area (Å²) in [5.74, 6) is 0.522. The monoisotopic (exact) mass is 355 g/mol. The van der Waals surface area contributed by atoms with Gasteiger partial charge in [-0.05, 0) is 24.6 Å². The molecule has 1 aliphatic rings. The highest BCUT2D eigenvalue weighted by atomic mass is 32.2. The predicted octanol–water partition coefficient (Wildman–Crippen LogP) is 0.0672. The first kappa shape index (κ1) is 18.7. The second-order valence-electron chi connectivity index (χ2n) is 5.96. The van der Waals surface area contributed by atoms with Crippen molar-refractivity contribution in [2.24, 2.45) is 0 Å². The quantitative estimate of drug-likeness (QED) is 0.749. The van der Waals surface area contributed by atoms with Crippen molar-refractivity contribution in [1.29, 1.82) is 0 Å². The number of amides is 1. The minimum Gasteiger partial charge on any atom is -0.484 e. The van der Waals surface area contributed by atoms with Crippen LogP contribution in [0.1, 0.15) is 5.56 Å². The molecule has 1 heterocycles. The molecule has 24 heavy (non-hydrogen) atoms. The number of nitrogens with one attached hydrogen (secondary N) is 1. The molecule has 134 valence electrons. The summed E-state index contributed by atoms with van der Waals surface area (Å²) in [6.45, 7) is 5.56. The highest BCUT2D eigenvalue weighted by Crippen LogP contribution is 2.11. The lowest BCUT2D eigenvalue weighted by Crippen LogP contribution is -2.50. The Kier molecular flexibility index (Phi) is 6.59. The van der Waals surface area contributed by atoms with Crippen LogP contribution in [0, 0.1) is 6.92 Å². The van der Waals surface area contributed by atoms with Crippen molar-refractivity contribution >= 4 is 15.9 Å². The van der Waals surface area contributed by atoms with Crippen LogP contribution >= 0.6 is 0 Å². The van der Waals surface area contributed by atoms with Crippen LogP contribution in [0.15, 0.2) is 24.3 Å². The van der Waals surface area contributed by atoms with Gasteiger partial charge in [-0.15, -0.1) is 0 Å². The Morgan fingerprint density at radius 3 is 2.58 bits per heavy atom. The van der Waals surface area contributed by atoms with Crippen molar-refractivity contribution in [2.45, 2.75) is 6.92 Å². The molecule has 7 nitrogen and oxygen atoms in total. The van der Waals surface area contributed by atoms with Gasteiger partial charge < -0.3 is 10.1 Å². The Labute approximate surface area is 143 Å². The average Bonchev–Trinajstić information content (AvgIpc) is 2.53. The summed E-state index contributed by atoms with van der Waals surface area (Å²) in [5, 5.41) is 2.82. The molecular formula is C16H25N3O4S. The molecule has 1 aromatic carbocycles. The number of sulfonamides is 1. The summed E-state index contributed by atoms with van der Waals surface area (Å²) in [5.41, 5.74) is 1.08. The lowest BCUT2D eigenvalue weighted by Gasteiger charge is -2.33. The Bertz CT molecular complexity index is 655. The van der Waals surface area contributed by atoms with Crippen LogP contribution in [0.4, 0.5) is 0 Å². The van der Waals surface area contributed by atoms with E-state index in [4.69, 9.17) is 4.74 Å². The number of rotatable bonds is 7. The third-order valence-corrected chi connectivity index (χ3v) is 5.21. The zero-order chi connectivity index (χ0) is 17.6. The molecule has 0 aliphatic carbocycles. The summed E-state index contributed by atoms with van der Waals surface area (Å²) in [4.78, 5) is 13.9. The zero-order valence-electron chi connectivity index (χ0n) is 14.2. The van der Waals surface area contributed by atoms with Crippen molar-refractivity contribution < 1.29 is 17.9 Å². The van der Waals surface area contributed by atoms with E-state index in [0.717, 1.165) is 5.56 Å². The number of benzene rings is 1. The van der Waals surface area contributed by atoms with Gasteiger partial charge in [0.25, 0.3) is 5.91 Å². The molecule has 0 aromatic heterocycles. The topological polar surface area (TPSA) is 79.0 Å². The second-order valence-corrected chi connectivity index (χ2v) is 7.94. The number of hydrogen-bond acceptors (Lipinski definition) is 5. The van der Waals surface area contributed by atoms with Gasteiger partial charge in [0, 0.05) is 39.3 Å². The summed E-state index contributed by atoms with van der Waals surface area (Å²) >= 11 is 0. The fraction of sp³-hybridized carbons (Fsp3) is 0.562. The summed E-state index contributed by atoms with van der Waals surface area (Å²) in [7, 11) is -3.10. The van der Waals surface area contributed by atoms with Crippen LogP contribution in [0.3, 0.4) is 0 Å². The van der Waals surface area contributed by atoms with Crippen LogP contribution in [0.5, 0.6) is 5.75 Å². The first-order valence-corrected chi connectivity index (χ1v) is 9.83. The summed E-state index contributed by atoms with van der Waals surface area (Å²) < 4.78 is 29.8. The van der Waals surface area contributed by atoms with Crippen molar-refractivity contribution in [3.05, 3.63) is 29.8 Å². The first-order chi connectivity index (χ1) is 11.3. The van der Waals surface area contributed by atoms with Gasteiger partial charge in [0.1, 0.15) is 5.75 Å². The van der Waals surface area contributed by atoms with Gasteiger partial charge in [0.15, 0.2) is 6.61 Å². The van der Waals surface area contributed by atoms with Gasteiger partial charge >= 0.3 is 0 Å². The first-order valence-electron chi connectivity index (χ1n) is 7.98. The van der Waals surface area contributed by atoms with Crippen LogP contribution < -0.4 is 10.1 Å². The van der Waals surface area contributed by atoms with Gasteiger partial charge in [-0.3, -0.25) is 9.69 Å². The number of ether oxygens (including phenoxy) is 1. The van der Waals surface area contributed by atoms with Crippen LogP contribution in [0.2, 0.25) is 0 Å². The molecule has 0 unspecified atom stereocenters. The van der Waals surface area contributed by atoms with Gasteiger partial charge in [0.2, 0.25) is 10.0 Å². The molecule has 1 amide bonds. The lowest BCUT2D eigenvalue weighted by molar-refractivity contribution is -0.123. The highest BCUT2D eigenvalue weighted by molar-refractivity contribution is 7.88. The molecule has 1 N–H and O–H groups in total. The molecule has 0 saturated carbocycles. The number of hydrogen-bond donors (Lipinski definition) is 1. The van der Waals surface area contributed by atoms with Crippen molar-refractivity contribution in [1.82, 2.24) is 14.5 Å². The molecular weight excluding hydrogens is 330 g/mol. The van der Waals surface area contributed by atoms with Crippen molar-refractivity contribution in [2.75, 3.05) is 52.1 Å². The van der Waals surface area contributed by atoms with E-state index >= 15 is 0 Å². The zero-order valence-corrected chi connectivity index (χ0v) is 15.0. The van der Waals surface area contributed by atoms with E-state index in [0.29, 0.717) is 45.0 Å². The van der Waals surface area contributed by atoms with E-state index in [1.807, 2.05) is 31.2 Å². The summed E-state index contributed by atoms with van der Waals surface area (Å²) in [6.07, 6.45) is 1.23. The smallest absolute Gasteiger partial charge is 0.257 e. The summed E-state index contributed by atoms with van der Waals surface area (Å²) in [6, 6.07) is 7.56. The van der Waals surface area contributed by atoms with Crippen LogP contribution in [-0.2, 0) is 14.8 Å². The van der Waals surface area contributed by atoms with E-state index < -0.39 is 10.0 Å². The van der Waals surface area contributed by atoms with E-state index in [1.165, 1.54) is 10.6 Å². The Hall–Kier alpha value is -1.64. The Morgan fingerprint density at radius 2 is 1.96 bits per heavy atom. The number of carbonyl (C=O) groups is 1. The maximum absolute atomic E-state index is 11.8. The lowest BCUT2D eigenvalue weighted by atomic mass is 10.2. The predicted molar refractivity (Wildman–Crippen MR) is 92.5 cm³/mol. The van der Waals surface area contributed by atoms with Gasteiger partial charge in [-0.1, -0.05) is 12.1 Å². The van der Waals surface area contributed by atoms with Gasteiger partial charge in [0.05, 0.1) is 6.26 Å². The van der Waals surface area contributed by atoms with E-state index in [-0.39, 0.29) is 12.5 Å². The third-order valence-electron chi connectivity index (χ3n) is 3.91. The molecule has 1 aliphatic heterocycles. The van der Waals surface area contributed by atoms with Gasteiger partial charge in [-0.25, -0.2) is 8.42 Å². The molecule has 1 saturated heterocycles. The molecule has 2 rings (SSSR count). The molecule has 1 aromatic rings. The second kappa shape index (κ2) is 8.46. The highest BCUT2D eigenvalue weighted by Gasteiger charge is 2.22. The number of aryl methyl sites for hydroxylation is 1. The standard InChI is InChI=1S/C16H25N3O4S/c1-14-4-3-5-15(12-14)23-13-16(20)17-6-7-18-8-10-19(11-9-18)24(2,21)22/h3-5,12H,6-11,13H2,1-2H3,(H,17,20). The van der Waals surface area contributed by atoms with E-state index in [1.54, 1.807) is 0 Å². The SMILES string of the molecule is Cc1cccc(OCC(=O)NCCN2CCN(S(C)(=O)=O)CC2)c1. The van der Waals surface area contributed by atoms with E-state index in [2.05, 4.69) is 10.2 Å². The molecule has 0 spiro atoms. The number of piperazine rings is 1. The maximum Gasteiger partial charge on any atom is 0.257 e. The maximum atomic E-state index is 11.8. The molecule has 0 atom stereocenters. The fourth-order valence-electron chi connectivity index (χ4n) is 2.54. The minimum absolute atomic E-state index is 0.00862. The van der Waals surface area contributed by atoms with Gasteiger partial charge in [-0.2, -0.15) is 4.31 Å². The largest absolute Gasteiger partial charge is 0.484 e. The number of nitrogens with zero attached hydrogens (tertiary/aromatic N) is 2.